The lowest BCUT2D eigenvalue weighted by Crippen LogP contribution is -2.48. The van der Waals surface area contributed by atoms with E-state index in [1.807, 2.05) is 30.5 Å². The summed E-state index contributed by atoms with van der Waals surface area (Å²) in [5.41, 5.74) is 2.70. The predicted octanol–water partition coefficient (Wildman–Crippen LogP) is 2.99. The Kier molecular flexibility index (Phi) is 6.27. The van der Waals surface area contributed by atoms with E-state index in [-0.39, 0.29) is 11.7 Å². The van der Waals surface area contributed by atoms with Crippen molar-refractivity contribution in [2.75, 3.05) is 54.4 Å². The fourth-order valence-electron chi connectivity index (χ4n) is 6.02. The van der Waals surface area contributed by atoms with Gasteiger partial charge >= 0.3 is 0 Å². The monoisotopic (exact) mass is 489 g/mol. The third kappa shape index (κ3) is 4.65. The minimum absolute atomic E-state index is 0.163. The maximum absolute atomic E-state index is 12.8. The van der Waals surface area contributed by atoms with Crippen molar-refractivity contribution in [1.82, 2.24) is 20.3 Å². The van der Waals surface area contributed by atoms with Crippen LogP contribution in [0.4, 0.5) is 23.0 Å². The summed E-state index contributed by atoms with van der Waals surface area (Å²) in [6, 6.07) is 7.85. The molecule has 1 spiro atoms. The summed E-state index contributed by atoms with van der Waals surface area (Å²) >= 11 is 0. The molecule has 3 fully saturated rings. The van der Waals surface area contributed by atoms with Gasteiger partial charge in [0.15, 0.2) is 0 Å². The Morgan fingerprint density at radius 3 is 2.61 bits per heavy atom. The standard InChI is InChI=1S/C27H35N7O2/c35-20-5-12-33(13-6-20)19-2-3-23(30-17-19)31-22-16-24(32-21-4-11-29-26(36)25(21)22)34-14-8-27(9-15-34)7-1-10-28-18-27/h2-4,11,16-17,20,28,35H,1,5-10,12-15,18H2,(H,29,36)(H,30,31,32). The zero-order valence-corrected chi connectivity index (χ0v) is 20.7. The number of aliphatic hydroxyl groups excluding tert-OH is 1. The normalized spacial score (nSPS) is 20.7. The van der Waals surface area contributed by atoms with E-state index in [1.165, 1.54) is 12.8 Å². The Labute approximate surface area is 210 Å². The van der Waals surface area contributed by atoms with Gasteiger partial charge in [0, 0.05) is 45.0 Å². The van der Waals surface area contributed by atoms with Crippen molar-refractivity contribution in [3.05, 3.63) is 47.0 Å². The van der Waals surface area contributed by atoms with Gasteiger partial charge in [0.2, 0.25) is 0 Å². The van der Waals surface area contributed by atoms with Crippen LogP contribution in [0.1, 0.15) is 38.5 Å². The summed E-state index contributed by atoms with van der Waals surface area (Å²) in [4.78, 5) is 29.7. The van der Waals surface area contributed by atoms with E-state index < -0.39 is 0 Å². The van der Waals surface area contributed by atoms with Gasteiger partial charge in [-0.3, -0.25) is 4.79 Å². The molecule has 9 nitrogen and oxygen atoms in total. The number of fused-ring (bicyclic) bond motifs is 1. The average molecular weight is 490 g/mol. The van der Waals surface area contributed by atoms with Crippen LogP contribution in [-0.4, -0.2) is 65.4 Å². The lowest BCUT2D eigenvalue weighted by atomic mass is 9.73. The molecule has 3 aromatic rings. The van der Waals surface area contributed by atoms with Crippen LogP contribution in [0.25, 0.3) is 10.9 Å². The highest BCUT2D eigenvalue weighted by Gasteiger charge is 2.36. The third-order valence-corrected chi connectivity index (χ3v) is 8.27. The number of aliphatic hydroxyl groups is 1. The lowest BCUT2D eigenvalue weighted by molar-refractivity contribution is 0.145. The number of nitrogens with zero attached hydrogens (tertiary/aromatic N) is 4. The molecule has 0 saturated carbocycles. The van der Waals surface area contributed by atoms with Crippen molar-refractivity contribution in [3.63, 3.8) is 0 Å². The summed E-state index contributed by atoms with van der Waals surface area (Å²) < 4.78 is 0. The summed E-state index contributed by atoms with van der Waals surface area (Å²) in [6.07, 6.45) is 9.77. The molecule has 3 aliphatic heterocycles. The topological polar surface area (TPSA) is 109 Å². The van der Waals surface area contributed by atoms with E-state index in [4.69, 9.17) is 4.98 Å². The molecular weight excluding hydrogens is 454 g/mol. The van der Waals surface area contributed by atoms with Gasteiger partial charge in [0.25, 0.3) is 5.56 Å². The van der Waals surface area contributed by atoms with E-state index in [0.717, 1.165) is 82.1 Å². The van der Waals surface area contributed by atoms with Crippen molar-refractivity contribution in [2.24, 2.45) is 5.41 Å². The van der Waals surface area contributed by atoms with Gasteiger partial charge in [0.05, 0.1) is 34.6 Å². The smallest absolute Gasteiger partial charge is 0.259 e. The SMILES string of the molecule is O=c1[nH]ccc2nc(N3CCC4(CCCNC4)CC3)cc(Nc3ccc(N4CCC(O)CC4)cn3)c12. The molecule has 0 unspecified atom stereocenters. The minimum Gasteiger partial charge on any atom is -0.393 e. The number of aromatic amines is 1. The second-order valence-electron chi connectivity index (χ2n) is 10.6. The second kappa shape index (κ2) is 9.71. The number of H-pyrrole nitrogens is 1. The average Bonchev–Trinajstić information content (AvgIpc) is 2.90. The number of nitrogens with one attached hydrogen (secondary N) is 3. The molecule has 0 bridgehead atoms. The van der Waals surface area contributed by atoms with Gasteiger partial charge in [-0.2, -0.15) is 0 Å². The molecular formula is C27H35N7O2. The summed E-state index contributed by atoms with van der Waals surface area (Å²) in [6.45, 7) is 5.86. The molecule has 3 aliphatic rings. The van der Waals surface area contributed by atoms with Gasteiger partial charge in [-0.25, -0.2) is 9.97 Å². The molecule has 4 N–H and O–H groups in total. The highest BCUT2D eigenvalue weighted by molar-refractivity contribution is 5.93. The first kappa shape index (κ1) is 23.2. The van der Waals surface area contributed by atoms with Gasteiger partial charge in [-0.15, -0.1) is 0 Å². The number of aromatic nitrogens is 3. The van der Waals surface area contributed by atoms with Crippen LogP contribution in [-0.2, 0) is 0 Å². The van der Waals surface area contributed by atoms with Crippen molar-refractivity contribution in [2.45, 2.75) is 44.6 Å². The van der Waals surface area contributed by atoms with E-state index >= 15 is 0 Å². The Hall–Kier alpha value is -3.17. The van der Waals surface area contributed by atoms with Crippen molar-refractivity contribution in [1.29, 1.82) is 0 Å². The number of hydrogen-bond acceptors (Lipinski definition) is 8. The first-order valence-corrected chi connectivity index (χ1v) is 13.2. The fraction of sp³-hybridized carbons (Fsp3) is 0.519. The van der Waals surface area contributed by atoms with E-state index in [9.17, 15) is 9.90 Å². The molecule has 0 aromatic carbocycles. The van der Waals surface area contributed by atoms with Crippen molar-refractivity contribution >= 4 is 33.9 Å². The molecule has 0 amide bonds. The van der Waals surface area contributed by atoms with E-state index in [0.29, 0.717) is 22.1 Å². The first-order valence-electron chi connectivity index (χ1n) is 13.2. The second-order valence-corrected chi connectivity index (χ2v) is 10.6. The van der Waals surface area contributed by atoms with Crippen LogP contribution in [0.2, 0.25) is 0 Å². The minimum atomic E-state index is -0.202. The molecule has 3 saturated heterocycles. The van der Waals surface area contributed by atoms with Gasteiger partial charge < -0.3 is 30.5 Å². The van der Waals surface area contributed by atoms with E-state index in [2.05, 4.69) is 30.4 Å². The van der Waals surface area contributed by atoms with Crippen LogP contribution in [0.3, 0.4) is 0 Å². The van der Waals surface area contributed by atoms with Crippen molar-refractivity contribution < 1.29 is 5.11 Å². The molecule has 0 aliphatic carbocycles. The van der Waals surface area contributed by atoms with Gasteiger partial charge in [-0.1, -0.05) is 0 Å². The maximum atomic E-state index is 12.8. The Morgan fingerprint density at radius 2 is 1.89 bits per heavy atom. The van der Waals surface area contributed by atoms with Crippen LogP contribution < -0.4 is 26.0 Å². The van der Waals surface area contributed by atoms with Crippen LogP contribution in [0.5, 0.6) is 0 Å². The van der Waals surface area contributed by atoms with Crippen LogP contribution >= 0.6 is 0 Å². The largest absolute Gasteiger partial charge is 0.393 e. The fourth-order valence-corrected chi connectivity index (χ4v) is 6.02. The summed E-state index contributed by atoms with van der Waals surface area (Å²) in [5.74, 6) is 1.58. The molecule has 3 aromatic heterocycles. The number of pyridine rings is 3. The molecule has 6 heterocycles. The number of anilines is 4. The lowest BCUT2D eigenvalue weighted by Gasteiger charge is -2.44. The maximum Gasteiger partial charge on any atom is 0.259 e. The van der Waals surface area contributed by atoms with Gasteiger partial charge in [-0.05, 0) is 68.7 Å². The molecule has 36 heavy (non-hydrogen) atoms. The van der Waals surface area contributed by atoms with Crippen molar-refractivity contribution in [3.8, 4) is 0 Å². The quantitative estimate of drug-likeness (QED) is 0.443. The van der Waals surface area contributed by atoms with E-state index in [1.54, 1.807) is 6.20 Å². The molecule has 6 rings (SSSR count). The number of hydrogen-bond donors (Lipinski definition) is 4. The summed E-state index contributed by atoms with van der Waals surface area (Å²) in [5, 5.41) is 17.3. The predicted molar refractivity (Wildman–Crippen MR) is 143 cm³/mol. The number of piperidine rings is 3. The third-order valence-electron chi connectivity index (χ3n) is 8.27. The molecule has 9 heteroatoms. The highest BCUT2D eigenvalue weighted by Crippen LogP contribution is 2.39. The van der Waals surface area contributed by atoms with Crippen LogP contribution in [0, 0.1) is 5.41 Å². The highest BCUT2D eigenvalue weighted by atomic mass is 16.3. The van der Waals surface area contributed by atoms with Gasteiger partial charge in [0.1, 0.15) is 11.6 Å². The molecule has 0 atom stereocenters. The van der Waals surface area contributed by atoms with Crippen LogP contribution in [0.15, 0.2) is 41.5 Å². The summed E-state index contributed by atoms with van der Waals surface area (Å²) in [7, 11) is 0. The zero-order valence-electron chi connectivity index (χ0n) is 20.7. The molecule has 190 valence electrons. The zero-order chi connectivity index (χ0) is 24.5. The molecule has 0 radical (unpaired) electrons. The Balaban J connectivity index is 1.25. The first-order chi connectivity index (χ1) is 17.6. The Morgan fingerprint density at radius 1 is 1.06 bits per heavy atom. The number of rotatable bonds is 4. The Bertz CT molecular complexity index is 1250.